The quantitative estimate of drug-likeness (QED) is 0.886. The predicted molar refractivity (Wildman–Crippen MR) is 77.7 cm³/mol. The van der Waals surface area contributed by atoms with Crippen molar-refractivity contribution in [3.8, 4) is 9.88 Å². The Kier molecular flexibility index (Phi) is 3.84. The van der Waals surface area contributed by atoms with Gasteiger partial charge < -0.3 is 15.1 Å². The predicted octanol–water partition coefficient (Wildman–Crippen LogP) is 0.978. The summed E-state index contributed by atoms with van der Waals surface area (Å²) in [5.41, 5.74) is 0.735. The van der Waals surface area contributed by atoms with Gasteiger partial charge in [0.2, 0.25) is 5.91 Å². The second kappa shape index (κ2) is 5.61. The summed E-state index contributed by atoms with van der Waals surface area (Å²) in [6.45, 7) is 0.393. The number of amides is 1. The van der Waals surface area contributed by atoms with Crippen molar-refractivity contribution < 1.29 is 15.0 Å². The van der Waals surface area contributed by atoms with Crippen molar-refractivity contribution in [1.82, 2.24) is 9.88 Å². The summed E-state index contributed by atoms with van der Waals surface area (Å²) >= 11 is 3.14. The lowest BCUT2D eigenvalue weighted by Gasteiger charge is -2.14. The third-order valence-corrected chi connectivity index (χ3v) is 5.16. The zero-order valence-electron chi connectivity index (χ0n) is 10.6. The zero-order chi connectivity index (χ0) is 14.1. The number of hydrogen-bond donors (Lipinski definition) is 2. The highest BCUT2D eigenvalue weighted by Crippen LogP contribution is 2.28. The molecular weight excluding hydrogens is 296 g/mol. The molecule has 3 rings (SSSR count). The molecule has 7 heteroatoms. The Labute approximate surface area is 124 Å². The van der Waals surface area contributed by atoms with Crippen LogP contribution in [0.3, 0.4) is 0 Å². The molecule has 3 heterocycles. The Morgan fingerprint density at radius 3 is 2.75 bits per heavy atom. The Hall–Kier alpha value is -1.28. The molecule has 0 aromatic carbocycles. The second-order valence-corrected chi connectivity index (χ2v) is 6.54. The van der Waals surface area contributed by atoms with Gasteiger partial charge in [0.15, 0.2) is 0 Å². The molecule has 0 bridgehead atoms. The minimum absolute atomic E-state index is 0.108. The lowest BCUT2D eigenvalue weighted by Crippen LogP contribution is -2.31. The lowest BCUT2D eigenvalue weighted by atomic mass is 10.3. The molecule has 0 radical (unpaired) electrons. The largest absolute Gasteiger partial charge is 0.388 e. The first-order chi connectivity index (χ1) is 9.63. The van der Waals surface area contributed by atoms with Gasteiger partial charge in [-0.05, 0) is 11.4 Å². The fourth-order valence-corrected chi connectivity index (χ4v) is 3.78. The maximum Gasteiger partial charge on any atom is 0.228 e. The van der Waals surface area contributed by atoms with E-state index in [1.54, 1.807) is 11.3 Å². The molecule has 1 fully saturated rings. The number of likely N-dealkylation sites (tertiary alicyclic amines) is 1. The fraction of sp³-hybridized carbons (Fsp3) is 0.385. The Morgan fingerprint density at radius 1 is 1.35 bits per heavy atom. The van der Waals surface area contributed by atoms with E-state index in [1.807, 2.05) is 22.9 Å². The average molecular weight is 310 g/mol. The van der Waals surface area contributed by atoms with Crippen LogP contribution in [-0.4, -0.2) is 51.3 Å². The summed E-state index contributed by atoms with van der Waals surface area (Å²) in [4.78, 5) is 19.1. The average Bonchev–Trinajstić information content (AvgIpc) is 3.11. The molecule has 1 aliphatic heterocycles. The van der Waals surface area contributed by atoms with E-state index in [1.165, 1.54) is 16.2 Å². The maximum atomic E-state index is 12.1. The van der Waals surface area contributed by atoms with Crippen LogP contribution in [0.4, 0.5) is 0 Å². The molecule has 0 saturated carbocycles. The molecule has 0 spiro atoms. The van der Waals surface area contributed by atoms with Crippen LogP contribution in [0.2, 0.25) is 0 Å². The molecular formula is C13H14N2O3S2. The number of aromatic nitrogens is 1. The van der Waals surface area contributed by atoms with Crippen molar-refractivity contribution in [2.24, 2.45) is 0 Å². The van der Waals surface area contributed by atoms with Crippen LogP contribution in [0.25, 0.3) is 9.88 Å². The normalized spacial score (nSPS) is 22.4. The summed E-state index contributed by atoms with van der Waals surface area (Å²) in [6.07, 6.45) is -1.46. The van der Waals surface area contributed by atoms with Crippen molar-refractivity contribution in [3.63, 3.8) is 0 Å². The van der Waals surface area contributed by atoms with Crippen molar-refractivity contribution in [3.05, 3.63) is 28.6 Å². The van der Waals surface area contributed by atoms with Gasteiger partial charge in [-0.25, -0.2) is 4.98 Å². The van der Waals surface area contributed by atoms with Gasteiger partial charge in [0.05, 0.1) is 29.2 Å². The molecule has 1 aliphatic rings. The van der Waals surface area contributed by atoms with Crippen LogP contribution in [0.15, 0.2) is 22.9 Å². The van der Waals surface area contributed by atoms with Gasteiger partial charge in [-0.1, -0.05) is 6.07 Å². The molecule has 2 N–H and O–H groups in total. The molecule has 2 aromatic rings. The summed E-state index contributed by atoms with van der Waals surface area (Å²) in [5.74, 6) is -0.108. The number of thiophene rings is 1. The Morgan fingerprint density at radius 2 is 2.10 bits per heavy atom. The summed E-state index contributed by atoms with van der Waals surface area (Å²) in [7, 11) is 0. The molecule has 1 saturated heterocycles. The van der Waals surface area contributed by atoms with Gasteiger partial charge in [0, 0.05) is 18.5 Å². The molecule has 2 atom stereocenters. The number of hydrogen-bond acceptors (Lipinski definition) is 6. The second-order valence-electron chi connectivity index (χ2n) is 4.73. The maximum absolute atomic E-state index is 12.1. The summed E-state index contributed by atoms with van der Waals surface area (Å²) in [6, 6.07) is 3.97. The van der Waals surface area contributed by atoms with Crippen molar-refractivity contribution in [2.45, 2.75) is 18.6 Å². The van der Waals surface area contributed by atoms with Gasteiger partial charge in [0.1, 0.15) is 5.01 Å². The highest BCUT2D eigenvalue weighted by Gasteiger charge is 2.32. The van der Waals surface area contributed by atoms with E-state index < -0.39 is 12.2 Å². The number of carbonyl (C=O) groups is 1. The van der Waals surface area contributed by atoms with Crippen LogP contribution >= 0.6 is 22.7 Å². The smallest absolute Gasteiger partial charge is 0.228 e. The van der Waals surface area contributed by atoms with Crippen LogP contribution in [0.1, 0.15) is 5.69 Å². The van der Waals surface area contributed by atoms with E-state index >= 15 is 0 Å². The van der Waals surface area contributed by atoms with E-state index in [2.05, 4.69) is 4.98 Å². The highest BCUT2D eigenvalue weighted by atomic mass is 32.1. The van der Waals surface area contributed by atoms with Crippen molar-refractivity contribution in [2.75, 3.05) is 13.1 Å². The fourth-order valence-electron chi connectivity index (χ4n) is 2.14. The van der Waals surface area contributed by atoms with Crippen molar-refractivity contribution >= 4 is 28.6 Å². The molecule has 2 aromatic heterocycles. The van der Waals surface area contributed by atoms with Crippen LogP contribution in [0.5, 0.6) is 0 Å². The first-order valence-electron chi connectivity index (χ1n) is 6.25. The van der Waals surface area contributed by atoms with Gasteiger partial charge in [-0.2, -0.15) is 0 Å². The lowest BCUT2D eigenvalue weighted by molar-refractivity contribution is -0.130. The number of thiazole rings is 1. The first kappa shape index (κ1) is 13.7. The van der Waals surface area contributed by atoms with E-state index in [4.69, 9.17) is 0 Å². The standard InChI is InChI=1S/C13H14N2O3S2/c16-9-5-15(6-10(9)17)12(18)4-8-7-20-13(14-8)11-2-1-3-19-11/h1-3,7,9-10,16-17H,4-6H2. The summed E-state index contributed by atoms with van der Waals surface area (Å²) < 4.78 is 0. The number of rotatable bonds is 3. The van der Waals surface area contributed by atoms with Crippen LogP contribution < -0.4 is 0 Å². The minimum Gasteiger partial charge on any atom is -0.388 e. The molecule has 1 amide bonds. The van der Waals surface area contributed by atoms with E-state index in [0.717, 1.165) is 15.6 Å². The molecule has 20 heavy (non-hydrogen) atoms. The SMILES string of the molecule is O=C(Cc1csc(-c2cccs2)n1)N1CC(O)C(O)C1. The van der Waals surface area contributed by atoms with Gasteiger partial charge in [0.25, 0.3) is 0 Å². The van der Waals surface area contributed by atoms with E-state index in [0.29, 0.717) is 0 Å². The van der Waals surface area contributed by atoms with E-state index in [9.17, 15) is 15.0 Å². The van der Waals surface area contributed by atoms with Crippen molar-refractivity contribution in [1.29, 1.82) is 0 Å². The molecule has 106 valence electrons. The van der Waals surface area contributed by atoms with Gasteiger partial charge in [-0.3, -0.25) is 4.79 Å². The monoisotopic (exact) mass is 310 g/mol. The van der Waals surface area contributed by atoms with Crippen LogP contribution in [0, 0.1) is 0 Å². The Bertz CT molecular complexity index is 587. The van der Waals surface area contributed by atoms with Gasteiger partial charge >= 0.3 is 0 Å². The number of carbonyl (C=O) groups excluding carboxylic acids is 1. The third-order valence-electron chi connectivity index (χ3n) is 3.23. The number of nitrogens with zero attached hydrogens (tertiary/aromatic N) is 2. The zero-order valence-corrected chi connectivity index (χ0v) is 12.2. The topological polar surface area (TPSA) is 73.7 Å². The first-order valence-corrected chi connectivity index (χ1v) is 8.01. The third kappa shape index (κ3) is 2.76. The highest BCUT2D eigenvalue weighted by molar-refractivity contribution is 7.20. The number of aliphatic hydroxyl groups is 2. The number of aliphatic hydroxyl groups excluding tert-OH is 2. The molecule has 2 unspecified atom stereocenters. The Balaban J connectivity index is 1.65. The molecule has 5 nitrogen and oxygen atoms in total. The van der Waals surface area contributed by atoms with Crippen LogP contribution in [-0.2, 0) is 11.2 Å². The minimum atomic E-state index is -0.837. The van der Waals surface area contributed by atoms with E-state index in [-0.39, 0.29) is 25.4 Å². The number of β-amino-alcohol motifs (C(OH)–C–C–N with tert-alkyl or cyclic N) is 2. The van der Waals surface area contributed by atoms with Gasteiger partial charge in [-0.15, -0.1) is 22.7 Å². The molecule has 0 aliphatic carbocycles. The summed E-state index contributed by atoms with van der Waals surface area (Å²) in [5, 5.41) is 23.7.